The van der Waals surface area contributed by atoms with Gasteiger partial charge < -0.3 is 20.5 Å². The van der Waals surface area contributed by atoms with Gasteiger partial charge in [-0.1, -0.05) is 54.6 Å². The Morgan fingerprint density at radius 3 is 2.47 bits per heavy atom. The zero-order valence-corrected chi connectivity index (χ0v) is 16.7. The van der Waals surface area contributed by atoms with E-state index in [1.807, 2.05) is 60.7 Å². The second-order valence-electron chi connectivity index (χ2n) is 8.11. The van der Waals surface area contributed by atoms with Crippen molar-refractivity contribution in [2.45, 2.75) is 24.5 Å². The van der Waals surface area contributed by atoms with Gasteiger partial charge in [0.2, 0.25) is 5.88 Å². The average Bonchev–Trinajstić information content (AvgIpc) is 2.75. The van der Waals surface area contributed by atoms with Gasteiger partial charge >= 0.3 is 0 Å². The molecule has 3 N–H and O–H groups in total. The van der Waals surface area contributed by atoms with Crippen molar-refractivity contribution in [3.05, 3.63) is 66.2 Å². The number of carbonyl (C=O) groups is 1. The minimum Gasteiger partial charge on any atom is -0.466 e. The molecule has 3 aromatic rings. The van der Waals surface area contributed by atoms with Gasteiger partial charge in [0.1, 0.15) is 5.69 Å². The van der Waals surface area contributed by atoms with Gasteiger partial charge in [0.15, 0.2) is 6.61 Å². The highest BCUT2D eigenvalue weighted by Crippen LogP contribution is 2.42. The molecule has 1 saturated carbocycles. The Hall–Kier alpha value is -3.22. The third-order valence-electron chi connectivity index (χ3n) is 6.05. The summed E-state index contributed by atoms with van der Waals surface area (Å²) in [5, 5.41) is 9.66. The lowest BCUT2D eigenvalue weighted by Crippen LogP contribution is -2.51. The first kappa shape index (κ1) is 18.8. The van der Waals surface area contributed by atoms with Crippen LogP contribution in [0.4, 0.5) is 5.69 Å². The third kappa shape index (κ3) is 3.05. The molecule has 1 aromatic heterocycles. The molecule has 2 aliphatic rings. The van der Waals surface area contributed by atoms with E-state index < -0.39 is 5.54 Å². The molecule has 6 heteroatoms. The number of carbonyl (C=O) groups excluding carboxylic acids is 1. The predicted molar refractivity (Wildman–Crippen MR) is 115 cm³/mol. The zero-order chi connectivity index (χ0) is 20.9. The maximum absolute atomic E-state index is 12.1. The SMILES string of the molecule is CN1C(=O)COc2nc(-c3ccc([C@]4(N)C[C@@H](O)C4)cc3)c(-c3ccccc3)cc21. The summed E-state index contributed by atoms with van der Waals surface area (Å²) in [6.07, 6.45) is 0.832. The number of aliphatic hydroxyl groups excluding tert-OH is 1. The van der Waals surface area contributed by atoms with Crippen LogP contribution in [0.25, 0.3) is 22.4 Å². The molecule has 2 aromatic carbocycles. The van der Waals surface area contributed by atoms with Crippen LogP contribution in [0.5, 0.6) is 5.88 Å². The lowest BCUT2D eigenvalue weighted by Gasteiger charge is -2.42. The van der Waals surface area contributed by atoms with Crippen LogP contribution in [0.15, 0.2) is 60.7 Å². The van der Waals surface area contributed by atoms with Gasteiger partial charge in [-0.05, 0) is 30.0 Å². The van der Waals surface area contributed by atoms with E-state index in [4.69, 9.17) is 15.5 Å². The summed E-state index contributed by atoms with van der Waals surface area (Å²) in [5.74, 6) is 0.351. The lowest BCUT2D eigenvalue weighted by atomic mass is 9.70. The van der Waals surface area contributed by atoms with Gasteiger partial charge in [-0.15, -0.1) is 0 Å². The smallest absolute Gasteiger partial charge is 0.264 e. The molecule has 1 fully saturated rings. The van der Waals surface area contributed by atoms with Crippen molar-refractivity contribution >= 4 is 11.6 Å². The Balaban J connectivity index is 1.61. The molecule has 1 amide bonds. The zero-order valence-electron chi connectivity index (χ0n) is 16.7. The van der Waals surface area contributed by atoms with Crippen molar-refractivity contribution in [2.75, 3.05) is 18.6 Å². The quantitative estimate of drug-likeness (QED) is 0.704. The Labute approximate surface area is 174 Å². The molecule has 0 unspecified atom stereocenters. The Morgan fingerprint density at radius 1 is 1.10 bits per heavy atom. The molecule has 6 nitrogen and oxygen atoms in total. The first-order valence-corrected chi connectivity index (χ1v) is 10.0. The van der Waals surface area contributed by atoms with E-state index in [0.717, 1.165) is 27.9 Å². The van der Waals surface area contributed by atoms with Gasteiger partial charge in [-0.25, -0.2) is 4.98 Å². The first-order chi connectivity index (χ1) is 14.4. The maximum Gasteiger partial charge on any atom is 0.264 e. The van der Waals surface area contributed by atoms with Gasteiger partial charge in [-0.3, -0.25) is 4.79 Å². The number of hydrogen-bond donors (Lipinski definition) is 2. The number of ether oxygens (including phenoxy) is 1. The highest BCUT2D eigenvalue weighted by Gasteiger charge is 2.41. The van der Waals surface area contributed by atoms with Crippen LogP contribution in [-0.2, 0) is 10.3 Å². The topological polar surface area (TPSA) is 88.7 Å². The Kier molecular flexibility index (Phi) is 4.34. The molecule has 0 radical (unpaired) electrons. The molecule has 0 atom stereocenters. The largest absolute Gasteiger partial charge is 0.466 e. The summed E-state index contributed by atoms with van der Waals surface area (Å²) >= 11 is 0. The number of amides is 1. The number of nitrogens with zero attached hydrogens (tertiary/aromatic N) is 2. The normalized spacial score (nSPS) is 22.8. The summed E-state index contributed by atoms with van der Waals surface area (Å²) in [4.78, 5) is 18.5. The maximum atomic E-state index is 12.1. The van der Waals surface area contributed by atoms with Crippen LogP contribution >= 0.6 is 0 Å². The van der Waals surface area contributed by atoms with Crippen LogP contribution in [-0.4, -0.2) is 35.8 Å². The first-order valence-electron chi connectivity index (χ1n) is 10.0. The molecule has 2 heterocycles. The van der Waals surface area contributed by atoms with Crippen molar-refractivity contribution in [3.8, 4) is 28.3 Å². The molecule has 1 aliphatic heterocycles. The molecule has 0 bridgehead atoms. The van der Waals surface area contributed by atoms with Crippen molar-refractivity contribution in [2.24, 2.45) is 5.73 Å². The van der Waals surface area contributed by atoms with E-state index in [1.165, 1.54) is 0 Å². The molecule has 0 saturated heterocycles. The molecule has 30 heavy (non-hydrogen) atoms. The van der Waals surface area contributed by atoms with Gasteiger partial charge in [0.05, 0.1) is 11.8 Å². The average molecular weight is 401 g/mol. The number of anilines is 1. The molecule has 0 spiro atoms. The number of benzene rings is 2. The van der Waals surface area contributed by atoms with Crippen molar-refractivity contribution in [1.82, 2.24) is 4.98 Å². The fourth-order valence-corrected chi connectivity index (χ4v) is 4.23. The van der Waals surface area contributed by atoms with Crippen molar-refractivity contribution in [1.29, 1.82) is 0 Å². The summed E-state index contributed by atoms with van der Waals surface area (Å²) in [6.45, 7) is -0.0163. The van der Waals surface area contributed by atoms with E-state index >= 15 is 0 Å². The minimum atomic E-state index is -0.463. The highest BCUT2D eigenvalue weighted by molar-refractivity contribution is 5.98. The highest BCUT2D eigenvalue weighted by atomic mass is 16.5. The number of pyridine rings is 1. The van der Waals surface area contributed by atoms with Crippen LogP contribution < -0.4 is 15.4 Å². The monoisotopic (exact) mass is 401 g/mol. The van der Waals surface area contributed by atoms with Gasteiger partial charge in [-0.2, -0.15) is 0 Å². The summed E-state index contributed by atoms with van der Waals surface area (Å²) in [5.41, 5.74) is 11.3. The van der Waals surface area contributed by atoms with Gasteiger partial charge in [0.25, 0.3) is 5.91 Å². The minimum absolute atomic E-state index is 0.0163. The van der Waals surface area contributed by atoms with E-state index in [-0.39, 0.29) is 18.6 Å². The third-order valence-corrected chi connectivity index (χ3v) is 6.05. The fourth-order valence-electron chi connectivity index (χ4n) is 4.23. The van der Waals surface area contributed by atoms with Crippen molar-refractivity contribution < 1.29 is 14.6 Å². The van der Waals surface area contributed by atoms with E-state index in [0.29, 0.717) is 24.4 Å². The second kappa shape index (κ2) is 6.93. The Morgan fingerprint density at radius 2 is 1.80 bits per heavy atom. The lowest BCUT2D eigenvalue weighted by molar-refractivity contribution is -0.121. The number of fused-ring (bicyclic) bond motifs is 1. The summed E-state index contributed by atoms with van der Waals surface area (Å²) in [6, 6.07) is 20.0. The summed E-state index contributed by atoms with van der Waals surface area (Å²) < 4.78 is 5.63. The van der Waals surface area contributed by atoms with Crippen LogP contribution in [0.1, 0.15) is 18.4 Å². The Bertz CT molecular complexity index is 1110. The number of aliphatic hydroxyl groups is 1. The van der Waals surface area contributed by atoms with E-state index in [2.05, 4.69) is 0 Å². The molecule has 152 valence electrons. The second-order valence-corrected chi connectivity index (χ2v) is 8.11. The number of rotatable bonds is 3. The number of likely N-dealkylation sites (N-methyl/N-ethyl adjacent to an activating group) is 1. The number of aromatic nitrogens is 1. The number of nitrogens with two attached hydrogens (primary N) is 1. The molecule has 5 rings (SSSR count). The predicted octanol–water partition coefficient (Wildman–Crippen LogP) is 3.08. The van der Waals surface area contributed by atoms with Crippen LogP contribution in [0.3, 0.4) is 0 Å². The molecule has 1 aliphatic carbocycles. The van der Waals surface area contributed by atoms with Crippen LogP contribution in [0, 0.1) is 0 Å². The standard InChI is InChI=1S/C24H23N3O3/c1-27-20-11-19(15-5-3-2-4-6-15)22(26-23(20)30-14-21(27)29)16-7-9-17(10-8-16)24(25)12-18(28)13-24/h2-11,18,28H,12-14,25H2,1H3/t18-,24+. The summed E-state index contributed by atoms with van der Waals surface area (Å²) in [7, 11) is 1.74. The fraction of sp³-hybridized carbons (Fsp3) is 0.250. The van der Waals surface area contributed by atoms with E-state index in [9.17, 15) is 9.90 Å². The van der Waals surface area contributed by atoms with E-state index in [1.54, 1.807) is 11.9 Å². The molecular formula is C24H23N3O3. The van der Waals surface area contributed by atoms with Crippen LogP contribution in [0.2, 0.25) is 0 Å². The van der Waals surface area contributed by atoms with Crippen molar-refractivity contribution in [3.63, 3.8) is 0 Å². The molecular weight excluding hydrogens is 378 g/mol. The van der Waals surface area contributed by atoms with Gasteiger partial charge in [0, 0.05) is 23.7 Å². The number of hydrogen-bond acceptors (Lipinski definition) is 5.